The Hall–Kier alpha value is -2.73. The molecule has 0 bridgehead atoms. The Kier molecular flexibility index (Phi) is 5.86. The number of methoxy groups -OCH3 is 1. The maximum absolute atomic E-state index is 12.8. The van der Waals surface area contributed by atoms with Gasteiger partial charge in [0.2, 0.25) is 0 Å². The van der Waals surface area contributed by atoms with Gasteiger partial charge in [0.05, 0.1) is 12.4 Å². The van der Waals surface area contributed by atoms with E-state index in [1.165, 1.54) is 18.7 Å². The zero-order valence-electron chi connectivity index (χ0n) is 15.4. The zero-order valence-corrected chi connectivity index (χ0v) is 16.2. The molecule has 1 amide bonds. The van der Waals surface area contributed by atoms with Crippen LogP contribution in [-0.4, -0.2) is 25.1 Å². The number of nitrogens with one attached hydrogen (secondary N) is 1. The summed E-state index contributed by atoms with van der Waals surface area (Å²) in [6.45, 7) is 3.17. The number of ether oxygens (including phenoxy) is 2. The van der Waals surface area contributed by atoms with Crippen molar-refractivity contribution in [3.8, 4) is 5.75 Å². The standard InChI is InChI=1S/C21H21NO4S/c1-13-19(15-7-5-4-6-8-15)27-20(16-9-11-17(25-3)12-10-16)18(21(24)22-13)26-14(2)23/h4-12,18,20H,1-3H3,(H,22,24)/t18-,20+/m0/s1. The Morgan fingerprint density at radius 3 is 2.33 bits per heavy atom. The SMILES string of the molecule is COc1ccc([C@H]2SC(c3ccccc3)=C(C)NC(=O)[C@H]2OC(C)=O)cc1. The van der Waals surface area contributed by atoms with E-state index in [0.717, 1.165) is 27.5 Å². The van der Waals surface area contributed by atoms with Crippen LogP contribution in [0.1, 0.15) is 30.2 Å². The van der Waals surface area contributed by atoms with Crippen LogP contribution in [0.3, 0.4) is 0 Å². The molecular formula is C21H21NO4S. The molecule has 0 saturated heterocycles. The third-order valence-corrected chi connectivity index (χ3v) is 5.75. The fourth-order valence-electron chi connectivity index (χ4n) is 2.93. The van der Waals surface area contributed by atoms with Crippen LogP contribution < -0.4 is 10.1 Å². The van der Waals surface area contributed by atoms with E-state index in [0.29, 0.717) is 0 Å². The molecule has 0 aromatic heterocycles. The largest absolute Gasteiger partial charge is 0.497 e. The summed E-state index contributed by atoms with van der Waals surface area (Å²) in [5, 5.41) is 2.50. The van der Waals surface area contributed by atoms with E-state index < -0.39 is 12.1 Å². The predicted octanol–water partition coefficient (Wildman–Crippen LogP) is 3.92. The highest BCUT2D eigenvalue weighted by Crippen LogP contribution is 2.46. The molecule has 3 rings (SSSR count). The second kappa shape index (κ2) is 8.31. The Morgan fingerprint density at radius 1 is 1.07 bits per heavy atom. The van der Waals surface area contributed by atoms with E-state index in [-0.39, 0.29) is 11.2 Å². The number of hydrogen-bond acceptors (Lipinski definition) is 5. The van der Waals surface area contributed by atoms with Gasteiger partial charge in [0.25, 0.3) is 5.91 Å². The van der Waals surface area contributed by atoms with E-state index in [1.54, 1.807) is 7.11 Å². The number of benzene rings is 2. The minimum Gasteiger partial charge on any atom is -0.497 e. The quantitative estimate of drug-likeness (QED) is 0.811. The molecule has 5 nitrogen and oxygen atoms in total. The number of carbonyl (C=O) groups is 2. The van der Waals surface area contributed by atoms with Gasteiger partial charge in [-0.3, -0.25) is 9.59 Å². The molecule has 1 heterocycles. The Labute approximate surface area is 162 Å². The first kappa shape index (κ1) is 19.0. The lowest BCUT2D eigenvalue weighted by molar-refractivity contribution is -0.153. The van der Waals surface area contributed by atoms with Crippen molar-refractivity contribution in [2.75, 3.05) is 7.11 Å². The number of rotatable bonds is 4. The van der Waals surface area contributed by atoms with Gasteiger partial charge in [-0.1, -0.05) is 42.5 Å². The summed E-state index contributed by atoms with van der Waals surface area (Å²) in [5.74, 6) is -0.0992. The first-order valence-corrected chi connectivity index (χ1v) is 9.42. The van der Waals surface area contributed by atoms with Gasteiger partial charge in [-0.2, -0.15) is 0 Å². The molecule has 1 N–H and O–H groups in total. The number of hydrogen-bond donors (Lipinski definition) is 1. The van der Waals surface area contributed by atoms with Crippen molar-refractivity contribution in [2.24, 2.45) is 0 Å². The third kappa shape index (κ3) is 4.34. The number of thioether (sulfide) groups is 1. The summed E-state index contributed by atoms with van der Waals surface area (Å²) >= 11 is 1.51. The van der Waals surface area contributed by atoms with Crippen molar-refractivity contribution in [3.05, 3.63) is 71.4 Å². The highest BCUT2D eigenvalue weighted by molar-refractivity contribution is 8.08. The smallest absolute Gasteiger partial charge is 0.303 e. The predicted molar refractivity (Wildman–Crippen MR) is 106 cm³/mol. The summed E-state index contributed by atoms with van der Waals surface area (Å²) in [4.78, 5) is 25.4. The maximum Gasteiger partial charge on any atom is 0.303 e. The average molecular weight is 383 g/mol. The van der Waals surface area contributed by atoms with Crippen molar-refractivity contribution in [1.29, 1.82) is 0 Å². The molecule has 1 aliphatic heterocycles. The minimum atomic E-state index is -0.933. The number of carbonyl (C=O) groups excluding carboxylic acids is 2. The maximum atomic E-state index is 12.8. The molecule has 0 aliphatic carbocycles. The topological polar surface area (TPSA) is 64.6 Å². The van der Waals surface area contributed by atoms with Crippen LogP contribution in [0, 0.1) is 0 Å². The van der Waals surface area contributed by atoms with Gasteiger partial charge >= 0.3 is 5.97 Å². The summed E-state index contributed by atoms with van der Waals surface area (Å²) in [7, 11) is 1.60. The van der Waals surface area contributed by atoms with Crippen molar-refractivity contribution in [3.63, 3.8) is 0 Å². The van der Waals surface area contributed by atoms with Crippen LogP contribution in [0.25, 0.3) is 4.91 Å². The van der Waals surface area contributed by atoms with Crippen LogP contribution in [0.2, 0.25) is 0 Å². The molecule has 2 aromatic carbocycles. The second-order valence-electron chi connectivity index (χ2n) is 6.15. The summed E-state index contributed by atoms with van der Waals surface area (Å²) in [6, 6.07) is 17.3. The molecule has 0 spiro atoms. The van der Waals surface area contributed by atoms with Gasteiger partial charge in [-0.25, -0.2) is 0 Å². The van der Waals surface area contributed by atoms with Crippen molar-refractivity contribution < 1.29 is 19.1 Å². The molecular weight excluding hydrogens is 362 g/mol. The number of amides is 1. The van der Waals surface area contributed by atoms with E-state index >= 15 is 0 Å². The van der Waals surface area contributed by atoms with Crippen LogP contribution in [0.5, 0.6) is 5.75 Å². The minimum absolute atomic E-state index is 0.332. The first-order chi connectivity index (χ1) is 13.0. The molecule has 0 unspecified atom stereocenters. The summed E-state index contributed by atoms with van der Waals surface area (Å²) in [5.41, 5.74) is 2.62. The van der Waals surface area contributed by atoms with Crippen molar-refractivity contribution in [2.45, 2.75) is 25.2 Å². The fourth-order valence-corrected chi connectivity index (χ4v) is 4.28. The summed E-state index contributed by atoms with van der Waals surface area (Å²) in [6.07, 6.45) is -0.933. The number of esters is 1. The van der Waals surface area contributed by atoms with Crippen LogP contribution >= 0.6 is 11.8 Å². The molecule has 0 saturated carbocycles. The van der Waals surface area contributed by atoms with Gasteiger partial charge < -0.3 is 14.8 Å². The van der Waals surface area contributed by atoms with Crippen LogP contribution in [0.4, 0.5) is 0 Å². The van der Waals surface area contributed by atoms with Gasteiger partial charge in [0.1, 0.15) is 5.75 Å². The lowest BCUT2D eigenvalue weighted by Gasteiger charge is -2.24. The van der Waals surface area contributed by atoms with Gasteiger partial charge in [-0.05, 0) is 30.2 Å². The Morgan fingerprint density at radius 2 is 1.74 bits per heavy atom. The van der Waals surface area contributed by atoms with Crippen LogP contribution in [-0.2, 0) is 14.3 Å². The Balaban J connectivity index is 2.05. The second-order valence-corrected chi connectivity index (χ2v) is 7.30. The molecule has 1 aliphatic rings. The molecule has 0 radical (unpaired) electrons. The monoisotopic (exact) mass is 383 g/mol. The van der Waals surface area contributed by atoms with Crippen LogP contribution in [0.15, 0.2) is 60.3 Å². The average Bonchev–Trinajstić information content (AvgIpc) is 2.79. The van der Waals surface area contributed by atoms with Gasteiger partial charge in [-0.15, -0.1) is 11.8 Å². The lowest BCUT2D eigenvalue weighted by Crippen LogP contribution is -2.38. The van der Waals surface area contributed by atoms with E-state index in [4.69, 9.17) is 9.47 Å². The van der Waals surface area contributed by atoms with Crippen molar-refractivity contribution in [1.82, 2.24) is 5.32 Å². The van der Waals surface area contributed by atoms with Gasteiger partial charge in [0.15, 0.2) is 6.10 Å². The van der Waals surface area contributed by atoms with E-state index in [2.05, 4.69) is 5.32 Å². The van der Waals surface area contributed by atoms with Gasteiger partial charge in [0, 0.05) is 17.5 Å². The molecule has 6 heteroatoms. The zero-order chi connectivity index (χ0) is 19.4. The third-order valence-electron chi connectivity index (χ3n) is 4.20. The fraction of sp³-hybridized carbons (Fsp3) is 0.238. The molecule has 27 heavy (non-hydrogen) atoms. The summed E-state index contributed by atoms with van der Waals surface area (Å²) < 4.78 is 10.6. The normalized spacial score (nSPS) is 19.9. The lowest BCUT2D eigenvalue weighted by atomic mass is 10.1. The first-order valence-electron chi connectivity index (χ1n) is 8.54. The number of allylic oxidation sites excluding steroid dienone is 1. The molecule has 0 fully saturated rings. The Bertz CT molecular complexity index is 862. The van der Waals surface area contributed by atoms with Crippen molar-refractivity contribution >= 4 is 28.5 Å². The molecule has 140 valence electrons. The van der Waals surface area contributed by atoms with E-state index in [9.17, 15) is 9.59 Å². The molecule has 2 aromatic rings. The molecule has 2 atom stereocenters. The highest BCUT2D eigenvalue weighted by Gasteiger charge is 2.37. The van der Waals surface area contributed by atoms with E-state index in [1.807, 2.05) is 61.5 Å². The highest BCUT2D eigenvalue weighted by atomic mass is 32.2.